The fourth-order valence-corrected chi connectivity index (χ4v) is 3.63. The molecule has 234 valence electrons. The van der Waals surface area contributed by atoms with Gasteiger partial charge in [-0.25, -0.2) is 9.59 Å². The second-order valence-electron chi connectivity index (χ2n) is 8.95. The van der Waals surface area contributed by atoms with Gasteiger partial charge in [-0.05, 0) is 0 Å². The van der Waals surface area contributed by atoms with Crippen molar-refractivity contribution in [2.75, 3.05) is 69.5 Å². The molecule has 0 radical (unpaired) electrons. The molecule has 2 rings (SSSR count). The summed E-state index contributed by atoms with van der Waals surface area (Å²) in [6, 6.07) is 0. The Morgan fingerprint density at radius 2 is 0.884 bits per heavy atom. The van der Waals surface area contributed by atoms with E-state index in [-0.39, 0.29) is 37.6 Å². The van der Waals surface area contributed by atoms with Gasteiger partial charge < -0.3 is 35.9 Å². The topological polar surface area (TPSA) is 311 Å². The van der Waals surface area contributed by atoms with E-state index in [1.807, 2.05) is 9.97 Å². The third kappa shape index (κ3) is 12.8. The smallest absolute Gasteiger partial charge is 0.325 e. The van der Waals surface area contributed by atoms with Crippen LogP contribution in [0.5, 0.6) is 0 Å². The second kappa shape index (κ2) is 16.1. The monoisotopic (exact) mass is 611 g/mol. The first-order valence-electron chi connectivity index (χ1n) is 12.3. The quantitative estimate of drug-likeness (QED) is 0.0763. The number of carbonyl (C=O) groups excluding carboxylic acids is 2. The highest BCUT2D eigenvalue weighted by Crippen LogP contribution is 2.00. The Balaban J connectivity index is 2.04. The zero-order chi connectivity index (χ0) is 32.1. The van der Waals surface area contributed by atoms with Crippen LogP contribution in [0.4, 0.5) is 11.4 Å². The Bertz CT molecular complexity index is 1450. The summed E-state index contributed by atoms with van der Waals surface area (Å²) in [5, 5.41) is 32.2. The molecule has 21 nitrogen and oxygen atoms in total. The molecule has 2 aromatic rings. The molecule has 0 saturated heterocycles. The van der Waals surface area contributed by atoms with Crippen molar-refractivity contribution in [1.82, 2.24) is 34.6 Å². The summed E-state index contributed by atoms with van der Waals surface area (Å²) in [7, 11) is 0. The summed E-state index contributed by atoms with van der Waals surface area (Å²) < 4.78 is 0. The first-order valence-corrected chi connectivity index (χ1v) is 12.3. The van der Waals surface area contributed by atoms with Crippen LogP contribution in [0.3, 0.4) is 0 Å². The molecule has 0 aliphatic carbocycles. The molecule has 0 bridgehead atoms. The van der Waals surface area contributed by atoms with Gasteiger partial charge in [-0.1, -0.05) is 0 Å². The number of aromatic nitrogens is 4. The van der Waals surface area contributed by atoms with E-state index in [4.69, 9.17) is 0 Å². The third-order valence-electron chi connectivity index (χ3n) is 5.46. The van der Waals surface area contributed by atoms with E-state index in [0.29, 0.717) is 0 Å². The Hall–Kier alpha value is -5.41. The molecule has 9 N–H and O–H groups in total. The van der Waals surface area contributed by atoms with Crippen LogP contribution in [0.2, 0.25) is 0 Å². The fraction of sp³-hybridized carbons (Fsp3) is 0.409. The van der Waals surface area contributed by atoms with Crippen molar-refractivity contribution in [1.29, 1.82) is 0 Å². The number of nitrogens with zero attached hydrogens (tertiary/aromatic N) is 3. The van der Waals surface area contributed by atoms with Gasteiger partial charge in [0.2, 0.25) is 11.8 Å². The van der Waals surface area contributed by atoms with Crippen LogP contribution >= 0.6 is 0 Å². The van der Waals surface area contributed by atoms with E-state index < -0.39 is 84.9 Å². The molecule has 0 aromatic carbocycles. The summed E-state index contributed by atoms with van der Waals surface area (Å²) in [5.74, 6) is -5.48. The van der Waals surface area contributed by atoms with Crippen LogP contribution in [-0.2, 0) is 24.0 Å². The average Bonchev–Trinajstić information content (AvgIpc) is 2.87. The molecule has 0 spiro atoms. The Morgan fingerprint density at radius 1 is 0.558 bits per heavy atom. The van der Waals surface area contributed by atoms with Gasteiger partial charge in [0, 0.05) is 38.6 Å². The average molecular weight is 612 g/mol. The molecule has 43 heavy (non-hydrogen) atoms. The maximum absolute atomic E-state index is 12.4. The van der Waals surface area contributed by atoms with Crippen molar-refractivity contribution in [3.63, 3.8) is 0 Å². The highest BCUT2D eigenvalue weighted by atomic mass is 16.4. The molecule has 2 aromatic heterocycles. The molecule has 0 saturated carbocycles. The van der Waals surface area contributed by atoms with Crippen LogP contribution in [0.1, 0.15) is 0 Å². The lowest BCUT2D eigenvalue weighted by molar-refractivity contribution is -0.140. The van der Waals surface area contributed by atoms with Crippen molar-refractivity contribution in [3.8, 4) is 0 Å². The normalized spacial score (nSPS) is 11.0. The predicted octanol–water partition coefficient (Wildman–Crippen LogP) is -4.82. The summed E-state index contributed by atoms with van der Waals surface area (Å²) in [4.78, 5) is 117. The van der Waals surface area contributed by atoms with E-state index in [2.05, 4.69) is 20.6 Å². The number of carboxylic acids is 3. The Labute approximate surface area is 239 Å². The Morgan fingerprint density at radius 3 is 1.21 bits per heavy atom. The number of anilines is 2. The van der Waals surface area contributed by atoms with Crippen LogP contribution in [0.15, 0.2) is 31.6 Å². The van der Waals surface area contributed by atoms with Crippen LogP contribution in [-0.4, -0.2) is 139 Å². The van der Waals surface area contributed by atoms with Crippen LogP contribution in [0, 0.1) is 0 Å². The number of rotatable bonds is 18. The lowest BCUT2D eigenvalue weighted by Crippen LogP contribution is -2.46. The van der Waals surface area contributed by atoms with Crippen molar-refractivity contribution in [3.05, 3.63) is 54.1 Å². The lowest BCUT2D eigenvalue weighted by atomic mass is 10.3. The van der Waals surface area contributed by atoms with Gasteiger partial charge in [0.25, 0.3) is 11.1 Å². The minimum Gasteiger partial charge on any atom is -0.480 e. The van der Waals surface area contributed by atoms with Gasteiger partial charge in [0.05, 0.1) is 32.7 Å². The number of amides is 2. The maximum Gasteiger partial charge on any atom is 0.325 e. The van der Waals surface area contributed by atoms with Crippen molar-refractivity contribution >= 4 is 41.1 Å². The van der Waals surface area contributed by atoms with Gasteiger partial charge >= 0.3 is 29.3 Å². The number of hydrogen-bond donors (Lipinski definition) is 9. The highest BCUT2D eigenvalue weighted by molar-refractivity contribution is 5.92. The predicted molar refractivity (Wildman–Crippen MR) is 145 cm³/mol. The number of aromatic amines is 4. The number of H-pyrrole nitrogens is 4. The largest absolute Gasteiger partial charge is 0.480 e. The van der Waals surface area contributed by atoms with Crippen molar-refractivity contribution in [2.45, 2.75) is 0 Å². The zero-order valence-corrected chi connectivity index (χ0v) is 22.4. The molecule has 0 unspecified atom stereocenters. The summed E-state index contributed by atoms with van der Waals surface area (Å²) >= 11 is 0. The lowest BCUT2D eigenvalue weighted by Gasteiger charge is -2.28. The summed E-state index contributed by atoms with van der Waals surface area (Å²) in [6.45, 7) is -3.39. The van der Waals surface area contributed by atoms with E-state index >= 15 is 0 Å². The number of aliphatic carboxylic acids is 3. The molecule has 21 heteroatoms. The SMILES string of the molecule is O=C(O)CN(CCN(CC(=O)O)CC(=O)Nc1c[nH]c(=O)[nH]c1=O)CCN(CC(=O)O)CC(=O)Nc1c[nH]c(=O)[nH]c1=O. The molecule has 2 amide bonds. The fourth-order valence-electron chi connectivity index (χ4n) is 3.63. The third-order valence-corrected chi connectivity index (χ3v) is 5.46. The first-order chi connectivity index (χ1) is 20.2. The van der Waals surface area contributed by atoms with Crippen molar-refractivity contribution < 1.29 is 39.3 Å². The van der Waals surface area contributed by atoms with Gasteiger partial charge in [-0.2, -0.15) is 0 Å². The molecular formula is C22H29N9O12. The van der Waals surface area contributed by atoms with E-state index in [0.717, 1.165) is 22.2 Å². The van der Waals surface area contributed by atoms with Crippen LogP contribution in [0.25, 0.3) is 0 Å². The second-order valence-corrected chi connectivity index (χ2v) is 8.95. The first kappa shape index (κ1) is 33.8. The maximum atomic E-state index is 12.4. The van der Waals surface area contributed by atoms with Crippen molar-refractivity contribution in [2.24, 2.45) is 0 Å². The Kier molecular flexibility index (Phi) is 12.7. The van der Waals surface area contributed by atoms with Gasteiger partial charge in [0.15, 0.2) is 0 Å². The molecule has 0 aliphatic heterocycles. The summed E-state index contributed by atoms with van der Waals surface area (Å²) in [6.07, 6.45) is 1.91. The van der Waals surface area contributed by atoms with Crippen LogP contribution < -0.4 is 33.1 Å². The number of hydrogen-bond acceptors (Lipinski definition) is 12. The molecule has 0 atom stereocenters. The van der Waals surface area contributed by atoms with Gasteiger partial charge in [-0.3, -0.25) is 58.2 Å². The van der Waals surface area contributed by atoms with Gasteiger partial charge in [0.1, 0.15) is 11.4 Å². The molecular weight excluding hydrogens is 582 g/mol. The van der Waals surface area contributed by atoms with Gasteiger partial charge in [-0.15, -0.1) is 0 Å². The van der Waals surface area contributed by atoms with E-state index in [1.165, 1.54) is 4.90 Å². The minimum atomic E-state index is -1.31. The number of carbonyl (C=O) groups is 5. The van der Waals surface area contributed by atoms with E-state index in [9.17, 15) is 58.5 Å². The number of carboxylic acid groups (broad SMARTS) is 3. The minimum absolute atomic E-state index is 0.105. The standard InChI is InChI=1S/C22H29N9O12/c32-14(25-12-5-23-21(42)27-19(12)40)7-30(10-17(36)37)3-1-29(9-16(34)35)2-4-31(11-18(38)39)8-15(33)26-13-6-24-22(43)28-20(13)41/h5-6H,1-4,7-11H2,(H,25,32)(H,26,33)(H,34,35)(H,36,37)(H,38,39)(H2,23,27,40,42)(H2,24,28,41,43). The van der Waals surface area contributed by atoms with E-state index in [1.54, 1.807) is 0 Å². The number of nitrogens with one attached hydrogen (secondary N) is 6. The molecule has 2 heterocycles. The molecule has 0 fully saturated rings. The summed E-state index contributed by atoms with van der Waals surface area (Å²) in [5.41, 5.74) is -3.97. The molecule has 0 aliphatic rings. The zero-order valence-electron chi connectivity index (χ0n) is 22.4. The highest BCUT2D eigenvalue weighted by Gasteiger charge is 2.20.